The molecule has 0 spiro atoms. The van der Waals surface area contributed by atoms with Crippen LogP contribution in [0.25, 0.3) is 0 Å². The molecule has 1 aromatic rings. The second-order valence-corrected chi connectivity index (χ2v) is 7.29. The summed E-state index contributed by atoms with van der Waals surface area (Å²) in [6.07, 6.45) is 1.72. The number of nitrogens with one attached hydrogen (secondary N) is 1. The SMILES string of the molecule is COC(=O)C(C)(CC=C(C)C)NS(=O)(=O)c1ccccc1[N+](=O)[O-]. The van der Waals surface area contributed by atoms with Crippen molar-refractivity contribution in [3.63, 3.8) is 0 Å². The molecule has 0 aromatic heterocycles. The highest BCUT2D eigenvalue weighted by Gasteiger charge is 2.39. The smallest absolute Gasteiger partial charge is 0.327 e. The standard InChI is InChI=1S/C15H20N2O6S/c1-11(2)9-10-15(3,14(18)23-4)16-24(21,22)13-8-6-5-7-12(13)17(19)20/h5-9,16H,10H2,1-4H3. The number of nitro benzene ring substituents is 1. The van der Waals surface area contributed by atoms with Crippen molar-refractivity contribution in [1.29, 1.82) is 0 Å². The van der Waals surface area contributed by atoms with Crippen molar-refractivity contribution >= 4 is 21.7 Å². The van der Waals surface area contributed by atoms with E-state index in [9.17, 15) is 23.3 Å². The molecule has 9 heteroatoms. The van der Waals surface area contributed by atoms with Crippen molar-refractivity contribution in [3.05, 3.63) is 46.0 Å². The summed E-state index contributed by atoms with van der Waals surface area (Å²) >= 11 is 0. The van der Waals surface area contributed by atoms with Gasteiger partial charge in [0.1, 0.15) is 5.54 Å². The molecule has 132 valence electrons. The van der Waals surface area contributed by atoms with E-state index < -0.39 is 37.0 Å². The zero-order valence-corrected chi connectivity index (χ0v) is 14.7. The van der Waals surface area contributed by atoms with Crippen LogP contribution < -0.4 is 4.72 Å². The molecule has 24 heavy (non-hydrogen) atoms. The molecule has 1 aromatic carbocycles. The normalized spacial score (nSPS) is 13.7. The van der Waals surface area contributed by atoms with Crippen LogP contribution in [-0.2, 0) is 19.6 Å². The van der Waals surface area contributed by atoms with E-state index in [0.717, 1.165) is 24.8 Å². The number of ether oxygens (including phenoxy) is 1. The Labute approximate surface area is 140 Å². The molecule has 0 amide bonds. The van der Waals surface area contributed by atoms with E-state index in [1.54, 1.807) is 19.9 Å². The number of sulfonamides is 1. The summed E-state index contributed by atoms with van der Waals surface area (Å²) in [5.74, 6) is -0.790. The fourth-order valence-corrected chi connectivity index (χ4v) is 3.53. The maximum absolute atomic E-state index is 12.6. The van der Waals surface area contributed by atoms with Gasteiger partial charge in [-0.2, -0.15) is 4.72 Å². The number of para-hydroxylation sites is 1. The van der Waals surface area contributed by atoms with Crippen LogP contribution in [0.3, 0.4) is 0 Å². The van der Waals surface area contributed by atoms with Gasteiger partial charge in [0.2, 0.25) is 10.0 Å². The first kappa shape index (κ1) is 19.8. The fraction of sp³-hybridized carbons (Fsp3) is 0.400. The molecule has 1 N–H and O–H groups in total. The molecule has 0 bridgehead atoms. The third kappa shape index (κ3) is 4.62. The van der Waals surface area contributed by atoms with Gasteiger partial charge in [0.15, 0.2) is 4.90 Å². The second-order valence-electron chi connectivity index (χ2n) is 5.64. The summed E-state index contributed by atoms with van der Waals surface area (Å²) in [4.78, 5) is 21.8. The predicted octanol–water partition coefficient (Wildman–Crippen LogP) is 2.16. The quantitative estimate of drug-likeness (QED) is 0.346. The molecule has 0 heterocycles. The third-order valence-electron chi connectivity index (χ3n) is 3.27. The van der Waals surface area contributed by atoms with Gasteiger partial charge in [-0.15, -0.1) is 0 Å². The highest BCUT2D eigenvalue weighted by Crippen LogP contribution is 2.25. The Hall–Kier alpha value is -2.26. The van der Waals surface area contributed by atoms with Crippen molar-refractivity contribution in [2.45, 2.75) is 37.6 Å². The molecular formula is C15H20N2O6S. The highest BCUT2D eigenvalue weighted by atomic mass is 32.2. The van der Waals surface area contributed by atoms with E-state index in [2.05, 4.69) is 9.46 Å². The highest BCUT2D eigenvalue weighted by molar-refractivity contribution is 7.89. The largest absolute Gasteiger partial charge is 0.468 e. The summed E-state index contributed by atoms with van der Waals surface area (Å²) in [7, 11) is -3.18. The van der Waals surface area contributed by atoms with Gasteiger partial charge < -0.3 is 4.74 Å². The molecule has 0 aliphatic heterocycles. The van der Waals surface area contributed by atoms with Gasteiger partial charge in [-0.25, -0.2) is 8.42 Å². The summed E-state index contributed by atoms with van der Waals surface area (Å²) in [6.45, 7) is 4.97. The molecule has 0 radical (unpaired) electrons. The molecule has 1 atom stereocenters. The summed E-state index contributed by atoms with van der Waals surface area (Å²) in [5.41, 5.74) is -1.27. The van der Waals surface area contributed by atoms with Gasteiger partial charge in [0.05, 0.1) is 12.0 Å². The molecule has 0 saturated heterocycles. The number of allylic oxidation sites excluding steroid dienone is 1. The van der Waals surface area contributed by atoms with E-state index in [4.69, 9.17) is 0 Å². The van der Waals surface area contributed by atoms with E-state index in [-0.39, 0.29) is 6.42 Å². The number of esters is 1. The van der Waals surface area contributed by atoms with Gasteiger partial charge in [-0.05, 0) is 33.3 Å². The molecular weight excluding hydrogens is 336 g/mol. The number of carbonyl (C=O) groups excluding carboxylic acids is 1. The fourth-order valence-electron chi connectivity index (χ4n) is 1.99. The number of nitrogens with zero attached hydrogens (tertiary/aromatic N) is 1. The van der Waals surface area contributed by atoms with Crippen LogP contribution in [0.2, 0.25) is 0 Å². The summed E-state index contributed by atoms with van der Waals surface area (Å²) in [6, 6.07) is 4.92. The van der Waals surface area contributed by atoms with Crippen LogP contribution >= 0.6 is 0 Å². The lowest BCUT2D eigenvalue weighted by Crippen LogP contribution is -2.52. The number of benzene rings is 1. The minimum absolute atomic E-state index is 0.0435. The zero-order chi connectivity index (χ0) is 18.5. The van der Waals surface area contributed by atoms with E-state index in [1.807, 2.05) is 0 Å². The van der Waals surface area contributed by atoms with Crippen LogP contribution in [0.15, 0.2) is 40.8 Å². The third-order valence-corrected chi connectivity index (χ3v) is 4.91. The first-order valence-electron chi connectivity index (χ1n) is 7.02. The number of hydrogen-bond donors (Lipinski definition) is 1. The Bertz CT molecular complexity index is 768. The Kier molecular flexibility index (Phi) is 6.22. The molecule has 0 fully saturated rings. The lowest BCUT2D eigenvalue weighted by Gasteiger charge is -2.26. The summed E-state index contributed by atoms with van der Waals surface area (Å²) < 4.78 is 32.1. The van der Waals surface area contributed by atoms with Crippen LogP contribution in [0.5, 0.6) is 0 Å². The number of carbonyl (C=O) groups is 1. The maximum Gasteiger partial charge on any atom is 0.327 e. The number of nitro groups is 1. The van der Waals surface area contributed by atoms with E-state index in [0.29, 0.717) is 0 Å². The Balaban J connectivity index is 3.34. The van der Waals surface area contributed by atoms with Gasteiger partial charge >= 0.3 is 5.97 Å². The summed E-state index contributed by atoms with van der Waals surface area (Å²) in [5, 5.41) is 11.1. The van der Waals surface area contributed by atoms with Crippen molar-refractivity contribution in [2.24, 2.45) is 0 Å². The molecule has 1 rings (SSSR count). The Morgan fingerprint density at radius 1 is 1.38 bits per heavy atom. The van der Waals surface area contributed by atoms with Gasteiger partial charge in [0, 0.05) is 6.07 Å². The van der Waals surface area contributed by atoms with Crippen molar-refractivity contribution < 1.29 is 22.9 Å². The maximum atomic E-state index is 12.6. The average molecular weight is 356 g/mol. The Morgan fingerprint density at radius 3 is 2.46 bits per heavy atom. The van der Waals surface area contributed by atoms with E-state index in [1.165, 1.54) is 19.1 Å². The van der Waals surface area contributed by atoms with Crippen LogP contribution in [-0.4, -0.2) is 32.0 Å². The Morgan fingerprint density at radius 2 is 1.96 bits per heavy atom. The molecule has 0 aliphatic rings. The van der Waals surface area contributed by atoms with Crippen LogP contribution in [0.4, 0.5) is 5.69 Å². The van der Waals surface area contributed by atoms with Gasteiger partial charge in [0.25, 0.3) is 5.69 Å². The van der Waals surface area contributed by atoms with Crippen molar-refractivity contribution in [2.75, 3.05) is 7.11 Å². The molecule has 0 saturated carbocycles. The minimum atomic E-state index is -4.32. The van der Waals surface area contributed by atoms with E-state index >= 15 is 0 Å². The van der Waals surface area contributed by atoms with Crippen LogP contribution in [0, 0.1) is 10.1 Å². The van der Waals surface area contributed by atoms with Crippen LogP contribution in [0.1, 0.15) is 27.2 Å². The molecule has 8 nitrogen and oxygen atoms in total. The number of rotatable bonds is 7. The number of methoxy groups -OCH3 is 1. The average Bonchev–Trinajstić information content (AvgIpc) is 2.51. The lowest BCUT2D eigenvalue weighted by atomic mass is 9.98. The first-order valence-corrected chi connectivity index (χ1v) is 8.51. The van der Waals surface area contributed by atoms with Gasteiger partial charge in [-0.1, -0.05) is 23.8 Å². The second kappa shape index (κ2) is 7.54. The van der Waals surface area contributed by atoms with Crippen molar-refractivity contribution in [3.8, 4) is 0 Å². The molecule has 1 unspecified atom stereocenters. The zero-order valence-electron chi connectivity index (χ0n) is 13.9. The minimum Gasteiger partial charge on any atom is -0.468 e. The number of hydrogen-bond acceptors (Lipinski definition) is 6. The van der Waals surface area contributed by atoms with Crippen molar-refractivity contribution in [1.82, 2.24) is 4.72 Å². The predicted molar refractivity (Wildman–Crippen MR) is 87.9 cm³/mol. The topological polar surface area (TPSA) is 116 Å². The first-order chi connectivity index (χ1) is 11.0. The van der Waals surface area contributed by atoms with Gasteiger partial charge in [-0.3, -0.25) is 14.9 Å². The lowest BCUT2D eigenvalue weighted by molar-refractivity contribution is -0.387. The monoisotopic (exact) mass is 356 g/mol. The molecule has 0 aliphatic carbocycles.